The van der Waals surface area contributed by atoms with Gasteiger partial charge >= 0.3 is 6.18 Å². The third-order valence-electron chi connectivity index (χ3n) is 3.58. The molecule has 2 aromatic carbocycles. The van der Waals surface area contributed by atoms with Gasteiger partial charge in [0.15, 0.2) is 0 Å². The van der Waals surface area contributed by atoms with Crippen molar-refractivity contribution in [2.45, 2.75) is 6.18 Å². The number of alkyl halides is 3. The molecule has 0 aliphatic carbocycles. The SMILES string of the molecule is O=C1NCC(c2ccc(C(F)(F)F)cc2)=C1c1ccccc1. The lowest BCUT2D eigenvalue weighted by molar-refractivity contribution is -0.137. The summed E-state index contributed by atoms with van der Waals surface area (Å²) in [5.74, 6) is -0.207. The molecule has 1 amide bonds. The first-order chi connectivity index (χ1) is 10.5. The summed E-state index contributed by atoms with van der Waals surface area (Å²) in [5, 5.41) is 2.73. The van der Waals surface area contributed by atoms with Crippen LogP contribution in [-0.4, -0.2) is 12.5 Å². The summed E-state index contributed by atoms with van der Waals surface area (Å²) < 4.78 is 37.9. The average molecular weight is 303 g/mol. The van der Waals surface area contributed by atoms with E-state index in [1.807, 2.05) is 30.3 Å². The summed E-state index contributed by atoms with van der Waals surface area (Å²) in [6, 6.07) is 14.0. The predicted octanol–water partition coefficient (Wildman–Crippen LogP) is 3.75. The molecule has 1 N–H and O–H groups in total. The highest BCUT2D eigenvalue weighted by Crippen LogP contribution is 2.33. The zero-order chi connectivity index (χ0) is 15.7. The zero-order valence-electron chi connectivity index (χ0n) is 11.4. The van der Waals surface area contributed by atoms with Crippen molar-refractivity contribution in [1.29, 1.82) is 0 Å². The lowest BCUT2D eigenvalue weighted by Gasteiger charge is -2.09. The van der Waals surface area contributed by atoms with E-state index in [0.29, 0.717) is 23.3 Å². The van der Waals surface area contributed by atoms with Crippen LogP contribution in [0.1, 0.15) is 16.7 Å². The number of hydrogen-bond acceptors (Lipinski definition) is 1. The second-order valence-corrected chi connectivity index (χ2v) is 4.98. The molecule has 0 aromatic heterocycles. The van der Waals surface area contributed by atoms with Gasteiger partial charge in [0, 0.05) is 6.54 Å². The largest absolute Gasteiger partial charge is 0.416 e. The van der Waals surface area contributed by atoms with Crippen molar-refractivity contribution in [3.05, 3.63) is 71.3 Å². The van der Waals surface area contributed by atoms with Crippen LogP contribution in [-0.2, 0) is 11.0 Å². The molecule has 2 aromatic rings. The van der Waals surface area contributed by atoms with Crippen LogP contribution in [0.4, 0.5) is 13.2 Å². The minimum absolute atomic E-state index is 0.207. The number of amides is 1. The van der Waals surface area contributed by atoms with Gasteiger partial charge in [0.25, 0.3) is 5.91 Å². The second kappa shape index (κ2) is 5.33. The van der Waals surface area contributed by atoms with Crippen molar-refractivity contribution in [2.75, 3.05) is 6.54 Å². The van der Waals surface area contributed by atoms with Gasteiger partial charge in [0.05, 0.1) is 11.1 Å². The quantitative estimate of drug-likeness (QED) is 0.899. The molecule has 0 saturated carbocycles. The van der Waals surface area contributed by atoms with Gasteiger partial charge in [-0.05, 0) is 28.8 Å². The molecule has 0 bridgehead atoms. The summed E-state index contributed by atoms with van der Waals surface area (Å²) in [6.07, 6.45) is -4.36. The van der Waals surface area contributed by atoms with Gasteiger partial charge in [-0.2, -0.15) is 13.2 Å². The Morgan fingerprint density at radius 1 is 0.864 bits per heavy atom. The van der Waals surface area contributed by atoms with E-state index in [1.54, 1.807) is 0 Å². The van der Waals surface area contributed by atoms with Crippen LogP contribution in [0, 0.1) is 0 Å². The molecule has 3 rings (SSSR count). The Hall–Kier alpha value is -2.56. The van der Waals surface area contributed by atoms with E-state index in [4.69, 9.17) is 0 Å². The molecular formula is C17H12F3NO. The third-order valence-corrected chi connectivity index (χ3v) is 3.58. The Morgan fingerprint density at radius 2 is 1.50 bits per heavy atom. The highest BCUT2D eigenvalue weighted by molar-refractivity contribution is 6.30. The van der Waals surface area contributed by atoms with Crippen molar-refractivity contribution >= 4 is 17.1 Å². The molecule has 2 nitrogen and oxygen atoms in total. The summed E-state index contributed by atoms with van der Waals surface area (Å²) in [7, 11) is 0. The van der Waals surface area contributed by atoms with Gasteiger partial charge in [-0.15, -0.1) is 0 Å². The van der Waals surface area contributed by atoms with Crippen LogP contribution >= 0.6 is 0 Å². The average Bonchev–Trinajstić information content (AvgIpc) is 2.89. The topological polar surface area (TPSA) is 29.1 Å². The van der Waals surface area contributed by atoms with E-state index in [1.165, 1.54) is 12.1 Å². The summed E-state index contributed by atoms with van der Waals surface area (Å²) in [6.45, 7) is 0.314. The van der Waals surface area contributed by atoms with E-state index in [2.05, 4.69) is 5.32 Å². The molecule has 0 saturated heterocycles. The monoisotopic (exact) mass is 303 g/mol. The van der Waals surface area contributed by atoms with Gasteiger partial charge in [0.1, 0.15) is 0 Å². The Morgan fingerprint density at radius 3 is 2.09 bits per heavy atom. The molecule has 0 unspecified atom stereocenters. The molecule has 112 valence electrons. The van der Waals surface area contributed by atoms with Crippen LogP contribution in [0.25, 0.3) is 11.1 Å². The lowest BCUT2D eigenvalue weighted by Crippen LogP contribution is -2.16. The molecule has 0 radical (unpaired) electrons. The highest BCUT2D eigenvalue weighted by Gasteiger charge is 2.31. The van der Waals surface area contributed by atoms with Gasteiger partial charge in [-0.3, -0.25) is 4.79 Å². The maximum Gasteiger partial charge on any atom is 0.416 e. The van der Waals surface area contributed by atoms with E-state index in [0.717, 1.165) is 17.7 Å². The fourth-order valence-corrected chi connectivity index (χ4v) is 2.50. The van der Waals surface area contributed by atoms with Gasteiger partial charge in [-0.25, -0.2) is 0 Å². The summed E-state index contributed by atoms with van der Waals surface area (Å²) >= 11 is 0. The first-order valence-corrected chi connectivity index (χ1v) is 6.71. The number of carbonyl (C=O) groups is 1. The Labute approximate surface area is 125 Å². The number of benzene rings is 2. The minimum atomic E-state index is -4.36. The standard InChI is InChI=1S/C17H12F3NO/c18-17(19,20)13-8-6-11(7-9-13)14-10-21-16(22)15(14)12-4-2-1-3-5-12/h1-9H,10H2,(H,21,22). The van der Waals surface area contributed by atoms with Crippen molar-refractivity contribution < 1.29 is 18.0 Å². The van der Waals surface area contributed by atoms with Gasteiger partial charge in [0.2, 0.25) is 0 Å². The Kier molecular flexibility index (Phi) is 3.48. The number of halogens is 3. The summed E-state index contributed by atoms with van der Waals surface area (Å²) in [5.41, 5.74) is 1.90. The third kappa shape index (κ3) is 2.62. The molecule has 0 spiro atoms. The van der Waals surface area contributed by atoms with E-state index in [9.17, 15) is 18.0 Å². The fourth-order valence-electron chi connectivity index (χ4n) is 2.50. The molecule has 22 heavy (non-hydrogen) atoms. The lowest BCUT2D eigenvalue weighted by atomic mass is 9.96. The molecule has 5 heteroatoms. The van der Waals surface area contributed by atoms with Crippen LogP contribution in [0.5, 0.6) is 0 Å². The minimum Gasteiger partial charge on any atom is -0.348 e. The highest BCUT2D eigenvalue weighted by atomic mass is 19.4. The predicted molar refractivity (Wildman–Crippen MR) is 77.7 cm³/mol. The van der Waals surface area contributed by atoms with Crippen LogP contribution in [0.2, 0.25) is 0 Å². The molecule has 0 atom stereocenters. The fraction of sp³-hybridized carbons (Fsp3) is 0.118. The smallest absolute Gasteiger partial charge is 0.348 e. The van der Waals surface area contributed by atoms with Gasteiger partial charge < -0.3 is 5.32 Å². The van der Waals surface area contributed by atoms with Crippen molar-refractivity contribution in [1.82, 2.24) is 5.32 Å². The van der Waals surface area contributed by atoms with Crippen LogP contribution in [0.3, 0.4) is 0 Å². The number of carbonyl (C=O) groups excluding carboxylic acids is 1. The van der Waals surface area contributed by atoms with E-state index < -0.39 is 11.7 Å². The molecular weight excluding hydrogens is 291 g/mol. The first-order valence-electron chi connectivity index (χ1n) is 6.71. The van der Waals surface area contributed by atoms with E-state index >= 15 is 0 Å². The number of rotatable bonds is 2. The summed E-state index contributed by atoms with van der Waals surface area (Å²) in [4.78, 5) is 12.0. The molecule has 1 aliphatic rings. The van der Waals surface area contributed by atoms with Crippen molar-refractivity contribution in [3.8, 4) is 0 Å². The molecule has 1 aliphatic heterocycles. The molecule has 0 fully saturated rings. The molecule has 1 heterocycles. The maximum absolute atomic E-state index is 12.6. The Balaban J connectivity index is 2.05. The Bertz CT molecular complexity index is 731. The first kappa shape index (κ1) is 14.4. The van der Waals surface area contributed by atoms with E-state index in [-0.39, 0.29) is 5.91 Å². The van der Waals surface area contributed by atoms with Crippen molar-refractivity contribution in [2.24, 2.45) is 0 Å². The zero-order valence-corrected chi connectivity index (χ0v) is 11.4. The normalized spacial score (nSPS) is 15.1. The van der Waals surface area contributed by atoms with Crippen LogP contribution < -0.4 is 5.32 Å². The number of nitrogens with one attached hydrogen (secondary N) is 1. The second-order valence-electron chi connectivity index (χ2n) is 4.98. The van der Waals surface area contributed by atoms with Crippen molar-refractivity contribution in [3.63, 3.8) is 0 Å². The number of hydrogen-bond donors (Lipinski definition) is 1. The van der Waals surface area contributed by atoms with Gasteiger partial charge in [-0.1, -0.05) is 42.5 Å². The maximum atomic E-state index is 12.6. The van der Waals surface area contributed by atoms with Crippen LogP contribution in [0.15, 0.2) is 54.6 Å².